The maximum atomic E-state index is 9.14. The Hall–Kier alpha value is -9.64. The molecule has 604 valence electrons. The van der Waals surface area contributed by atoms with Crippen LogP contribution in [-0.2, 0) is 60.1 Å². The third-order valence-corrected chi connectivity index (χ3v) is 18.6. The van der Waals surface area contributed by atoms with Crippen LogP contribution < -0.4 is 18.3 Å². The van der Waals surface area contributed by atoms with Crippen molar-refractivity contribution in [3.63, 3.8) is 0 Å². The number of aromatic nitrogens is 4. The first-order valence-electron chi connectivity index (χ1n) is 51.8. The van der Waals surface area contributed by atoms with Gasteiger partial charge in [0.2, 0.25) is 22.8 Å². The lowest BCUT2D eigenvalue weighted by molar-refractivity contribution is -0.661. The Morgan fingerprint density at radius 3 is 0.807 bits per heavy atom. The highest BCUT2D eigenvalue weighted by atomic mass is 14.9. The highest BCUT2D eigenvalue weighted by molar-refractivity contribution is 5.80. The van der Waals surface area contributed by atoms with Crippen LogP contribution in [0.25, 0.3) is 89.5 Å². The first-order chi connectivity index (χ1) is 62.8. The van der Waals surface area contributed by atoms with Crippen molar-refractivity contribution in [2.75, 3.05) is 0 Å². The molecule has 0 saturated carbocycles. The van der Waals surface area contributed by atoms with Gasteiger partial charge in [0.15, 0.2) is 24.8 Å². The van der Waals surface area contributed by atoms with E-state index in [1.165, 1.54) is 12.4 Å². The summed E-state index contributed by atoms with van der Waals surface area (Å²) in [7, 11) is 7.18. The van der Waals surface area contributed by atoms with Crippen LogP contribution >= 0.6 is 0 Å². The molecule has 0 radical (unpaired) electrons. The van der Waals surface area contributed by atoms with Gasteiger partial charge in [-0.3, -0.25) is 0 Å². The third-order valence-electron chi connectivity index (χ3n) is 18.6. The fourth-order valence-electron chi connectivity index (χ4n) is 13.5. The number of nitrogens with zero attached hydrogens (tertiary/aromatic N) is 4. The second kappa shape index (κ2) is 40.6. The predicted molar refractivity (Wildman–Crippen MR) is 500 cm³/mol. The van der Waals surface area contributed by atoms with Crippen LogP contribution in [0.15, 0.2) is 219 Å². The molecule has 0 aliphatic heterocycles. The molecule has 12 aromatic rings. The molecule has 4 aromatic heterocycles. The molecular weight excluding hydrogens is 1380 g/mol. The average Bonchev–Trinajstić information content (AvgIpc) is 0.725. The molecular formula is C110H148N4+4. The zero-order chi connectivity index (χ0) is 104. The van der Waals surface area contributed by atoms with Gasteiger partial charge in [-0.25, -0.2) is 18.3 Å². The Bertz CT molecular complexity index is 6400. The van der Waals surface area contributed by atoms with Gasteiger partial charge in [0, 0.05) is 107 Å². The van der Waals surface area contributed by atoms with Gasteiger partial charge in [0.05, 0.1) is 0 Å². The van der Waals surface area contributed by atoms with E-state index in [0.29, 0.717) is 83.8 Å². The van der Waals surface area contributed by atoms with E-state index in [4.69, 9.17) is 38.4 Å². The van der Waals surface area contributed by atoms with Crippen LogP contribution in [0, 0.1) is 104 Å². The number of hydrogen-bond donors (Lipinski definition) is 0. The Morgan fingerprint density at radius 2 is 0.509 bits per heavy atom. The predicted octanol–water partition coefficient (Wildman–Crippen LogP) is 28.5. The molecule has 4 nitrogen and oxygen atoms in total. The van der Waals surface area contributed by atoms with Gasteiger partial charge in [-0.05, 0) is 271 Å². The minimum absolute atomic E-state index is 0. The van der Waals surface area contributed by atoms with Crippen LogP contribution in [0.1, 0.15) is 247 Å². The van der Waals surface area contributed by atoms with Crippen molar-refractivity contribution in [1.82, 2.24) is 0 Å². The van der Waals surface area contributed by atoms with Crippen molar-refractivity contribution in [3.8, 4) is 89.5 Å². The lowest BCUT2D eigenvalue weighted by atomic mass is 9.81. The van der Waals surface area contributed by atoms with Gasteiger partial charge in [-0.2, -0.15) is 0 Å². The third kappa shape index (κ3) is 24.9. The van der Waals surface area contributed by atoms with Gasteiger partial charge in [-0.15, -0.1) is 0 Å². The van der Waals surface area contributed by atoms with Gasteiger partial charge in [0.25, 0.3) is 0 Å². The summed E-state index contributed by atoms with van der Waals surface area (Å²) >= 11 is 0. The largest absolute Gasteiger partial charge is 0.212 e. The fraction of sp³-hybridized carbons (Fsp3) is 0.382. The van der Waals surface area contributed by atoms with E-state index >= 15 is 0 Å². The normalized spacial score (nSPS) is 16.1. The Balaban J connectivity index is 0.000000331. The van der Waals surface area contributed by atoms with Crippen molar-refractivity contribution in [3.05, 3.63) is 308 Å². The molecule has 4 heterocycles. The number of rotatable bonds is 15. The fourth-order valence-corrected chi connectivity index (χ4v) is 13.5. The molecule has 0 saturated heterocycles. The van der Waals surface area contributed by atoms with E-state index in [-0.39, 0.29) is 74.6 Å². The van der Waals surface area contributed by atoms with Gasteiger partial charge in [0.1, 0.15) is 28.2 Å². The molecule has 0 amide bonds. The number of benzene rings is 8. The summed E-state index contributed by atoms with van der Waals surface area (Å²) in [6, 6.07) is 58.7. The van der Waals surface area contributed by atoms with E-state index in [0.717, 1.165) is 55.8 Å². The first-order valence-corrected chi connectivity index (χ1v) is 37.8. The quantitative estimate of drug-likeness (QED) is 0.0909. The van der Waals surface area contributed by atoms with E-state index in [2.05, 4.69) is 0 Å². The van der Waals surface area contributed by atoms with Gasteiger partial charge >= 0.3 is 0 Å². The summed E-state index contributed by atoms with van der Waals surface area (Å²) in [6.07, 6.45) is -2.39. The van der Waals surface area contributed by atoms with Gasteiger partial charge in [-0.1, -0.05) is 265 Å². The van der Waals surface area contributed by atoms with Crippen molar-refractivity contribution >= 4 is 0 Å². The minimum Gasteiger partial charge on any atom is -0.201 e. The first kappa shape index (κ1) is 60.0. The molecule has 0 aliphatic carbocycles. The SMILES string of the molecule is C.C.C.C.[2H]C([2H])([2H])c1cc(C)c(-c2cc(C([2H])([2H])C(C)(C)C)c(C([2H])([2H])C(C)(C)C)c[n+]2C)cc1-c1ccccc1.[2H]C([2H])([2H])c1cc(C)c(-c2cc(C([2H])([2H])C(C)(C)C)c(C([2H])([2H])[2H])c[n+]2C)cc1-c1ccccc1.[2H]C([2H])([2H])c1cc(C)c(-c2cc(C([2H])([2H])C(C)C)c(C([2H])([2H])[2H])c[n+]2C)cc1-c1ccccc1.[2H]C([2H])([2H])c1cc(C)c(-c2cc(C)c(C([2H])([2H])C(C)C)c[n+]2C)cc1-c1ccccc1. The topological polar surface area (TPSA) is 15.5 Å². The number of hydrogen-bond acceptors (Lipinski definition) is 0. The second-order valence-electron chi connectivity index (χ2n) is 32.7. The summed E-state index contributed by atoms with van der Waals surface area (Å²) in [5, 5.41) is 0. The zero-order valence-corrected chi connectivity index (χ0v) is 68.7. The summed E-state index contributed by atoms with van der Waals surface area (Å²) in [4.78, 5) is 0. The van der Waals surface area contributed by atoms with Crippen LogP contribution in [0.5, 0.6) is 0 Å². The molecule has 0 spiro atoms. The van der Waals surface area contributed by atoms with Crippen molar-refractivity contribution < 1.29 is 56.6 Å². The van der Waals surface area contributed by atoms with E-state index in [1.54, 1.807) is 107 Å². The van der Waals surface area contributed by atoms with Gasteiger partial charge < -0.3 is 0 Å². The lowest BCUT2D eigenvalue weighted by Crippen LogP contribution is -2.33. The second-order valence-corrected chi connectivity index (χ2v) is 32.7. The highest BCUT2D eigenvalue weighted by Gasteiger charge is 2.27. The monoisotopic (exact) mass is 1550 g/mol. The summed E-state index contributed by atoms with van der Waals surface area (Å²) in [5.41, 5.74) is 15.6. The molecule has 0 fully saturated rings. The standard InChI is InChI=1S/C30H40N.C26H32N.2C25H30N.4CH4/c1-21-15-22(2)27(17-26(21)23-13-11-10-12-14-23)28-16-24(18-29(3,4)5)25(20-31(28)9)19-30(6,7)8;1-18-13-19(2)24(15-23(18)21-11-9-8-10-12-21)25-14-22(16-26(4,5)6)20(3)17-27(25)7;1-17(2)12-22-16-26(6)25(14-18(22)3)24-15-23(19(4)13-20(24)5)21-10-8-7-9-11-21;1-17(2)12-22-14-25(26(6)16-20(22)5)24-15-23(18(3)13-19(24)4)21-10-8-7-9-11-21;;;;/h10-17,20H,18-19H2,1-9H3;8-15,17H,16H2,1-7H3;2*7-11,13-17H,12H2,1-6H3;4*1H4/q4*+1;;;;/i1D3,18D2,19D2;1D3,3D3,16D2;4D3,12D2;3D3,5D3,12D2;;;;. The van der Waals surface area contributed by atoms with Crippen molar-refractivity contribution in [1.29, 1.82) is 0 Å². The van der Waals surface area contributed by atoms with Crippen molar-refractivity contribution in [2.45, 2.75) is 227 Å². The maximum absolute atomic E-state index is 9.14. The van der Waals surface area contributed by atoms with E-state index < -0.39 is 95.1 Å². The molecule has 0 N–H and O–H groups in total. The molecule has 12 rings (SSSR count). The Morgan fingerprint density at radius 1 is 0.263 bits per heavy atom. The number of aryl methyl sites for hydroxylation is 15. The number of pyridine rings is 4. The molecule has 4 heteroatoms. The van der Waals surface area contributed by atoms with Crippen LogP contribution in [0.3, 0.4) is 0 Å². The Labute approximate surface area is 734 Å². The van der Waals surface area contributed by atoms with Crippen LogP contribution in [-0.4, -0.2) is 0 Å². The minimum atomic E-state index is -2.50. The molecule has 0 aliphatic rings. The molecule has 8 aromatic carbocycles. The summed E-state index contributed by atoms with van der Waals surface area (Å²) in [6.45, 7) is 18.6. The lowest BCUT2D eigenvalue weighted by Gasteiger charge is -2.24. The maximum Gasteiger partial charge on any atom is 0.212 e. The average molecular weight is 1550 g/mol. The summed E-state index contributed by atoms with van der Waals surface area (Å²) < 4.78 is 240. The Kier molecular flexibility index (Phi) is 21.3. The molecule has 0 bridgehead atoms. The van der Waals surface area contributed by atoms with Crippen LogP contribution in [0.4, 0.5) is 0 Å². The zero-order valence-electron chi connectivity index (χ0n) is 96.7. The van der Waals surface area contributed by atoms with Crippen molar-refractivity contribution in [2.24, 2.45) is 56.3 Å². The van der Waals surface area contributed by atoms with E-state index in [1.807, 2.05) is 271 Å². The molecule has 0 atom stereocenters. The highest BCUT2D eigenvalue weighted by Crippen LogP contribution is 2.39. The smallest absolute Gasteiger partial charge is 0.201 e. The van der Waals surface area contributed by atoms with Crippen LogP contribution in [0.2, 0.25) is 0 Å². The summed E-state index contributed by atoms with van der Waals surface area (Å²) in [5.74, 6) is -0.602. The molecule has 0 unspecified atom stereocenters. The van der Waals surface area contributed by atoms with E-state index in [9.17, 15) is 0 Å². The molecule has 114 heavy (non-hydrogen) atoms.